The molecule has 3 aromatic carbocycles. The Balaban J connectivity index is 0.776. The maximum atomic E-state index is 13.5. The fourth-order valence-corrected chi connectivity index (χ4v) is 9.22. The summed E-state index contributed by atoms with van der Waals surface area (Å²) in [6, 6.07) is 23.2. The molecule has 0 bridgehead atoms. The Hall–Kier alpha value is -5.38. The number of benzene rings is 3. The largest absolute Gasteiger partial charge is 0.490 e. The van der Waals surface area contributed by atoms with Gasteiger partial charge in [0.2, 0.25) is 11.8 Å². The molecule has 8 rings (SSSR count). The average Bonchev–Trinajstić information content (AvgIpc) is 3.67. The van der Waals surface area contributed by atoms with E-state index in [0.717, 1.165) is 86.6 Å². The highest BCUT2D eigenvalue weighted by Gasteiger charge is 2.30. The Morgan fingerprint density at radius 1 is 0.877 bits per heavy atom. The third kappa shape index (κ3) is 8.65. The van der Waals surface area contributed by atoms with Crippen molar-refractivity contribution < 1.29 is 23.9 Å². The van der Waals surface area contributed by atoms with Crippen LogP contribution in [0.15, 0.2) is 72.9 Å². The summed E-state index contributed by atoms with van der Waals surface area (Å²) in [7, 11) is 0. The maximum Gasteiger partial charge on any atom is 0.328 e. The number of amides is 5. The fourth-order valence-electron chi connectivity index (χ4n) is 9.01. The number of nitrogens with one attached hydrogen (secondary N) is 2. The predicted octanol–water partition coefficient (Wildman–Crippen LogP) is 6.78. The Kier molecular flexibility index (Phi) is 11.5. The zero-order valence-electron chi connectivity index (χ0n) is 32.0. The average molecular weight is 790 g/mol. The third-order valence-corrected chi connectivity index (χ3v) is 12.5. The molecule has 1 aromatic heterocycles. The first kappa shape index (κ1) is 38.5. The van der Waals surface area contributed by atoms with Crippen LogP contribution in [0.4, 0.5) is 10.5 Å². The van der Waals surface area contributed by atoms with Crippen molar-refractivity contribution in [1.82, 2.24) is 25.0 Å². The normalized spacial score (nSPS) is 21.3. The highest BCUT2D eigenvalue weighted by molar-refractivity contribution is 6.31. The number of carbonyl (C=O) groups is 4. The van der Waals surface area contributed by atoms with E-state index in [1.54, 1.807) is 23.1 Å². The number of piperidine rings is 2. The highest BCUT2D eigenvalue weighted by Crippen LogP contribution is 2.34. The van der Waals surface area contributed by atoms with E-state index in [9.17, 15) is 19.2 Å². The number of hydrogen-bond donors (Lipinski definition) is 2. The minimum Gasteiger partial charge on any atom is -0.490 e. The molecule has 1 saturated carbocycles. The molecule has 4 fully saturated rings. The van der Waals surface area contributed by atoms with E-state index >= 15 is 0 Å². The molecule has 0 spiro atoms. The molecule has 0 unspecified atom stereocenters. The Morgan fingerprint density at radius 3 is 2.39 bits per heavy atom. The van der Waals surface area contributed by atoms with Crippen molar-refractivity contribution in [3.63, 3.8) is 0 Å². The van der Waals surface area contributed by atoms with E-state index in [-0.39, 0.29) is 42.3 Å². The Bertz CT molecular complexity index is 2190. The smallest absolute Gasteiger partial charge is 0.328 e. The van der Waals surface area contributed by atoms with E-state index in [1.165, 1.54) is 0 Å². The van der Waals surface area contributed by atoms with Gasteiger partial charge in [0.25, 0.3) is 5.91 Å². The summed E-state index contributed by atoms with van der Waals surface area (Å²) in [5.41, 5.74) is 4.12. The number of nitriles is 1. The molecule has 57 heavy (non-hydrogen) atoms. The van der Waals surface area contributed by atoms with Gasteiger partial charge in [-0.05, 0) is 105 Å². The number of likely N-dealkylation sites (tertiary alicyclic amines) is 2. The molecule has 4 aromatic rings. The lowest BCUT2D eigenvalue weighted by molar-refractivity contribution is -0.133. The zero-order valence-corrected chi connectivity index (χ0v) is 32.8. The van der Waals surface area contributed by atoms with Crippen molar-refractivity contribution in [2.45, 2.75) is 81.9 Å². The lowest BCUT2D eigenvalue weighted by atomic mass is 9.88. The van der Waals surface area contributed by atoms with Crippen LogP contribution in [0.25, 0.3) is 10.9 Å². The van der Waals surface area contributed by atoms with Gasteiger partial charge in [-0.1, -0.05) is 29.8 Å². The number of carbonyl (C=O) groups excluding carboxylic acids is 4. The number of aromatic nitrogens is 1. The summed E-state index contributed by atoms with van der Waals surface area (Å²) >= 11 is 6.17. The third-order valence-electron chi connectivity index (χ3n) is 12.2. The van der Waals surface area contributed by atoms with Gasteiger partial charge in [-0.2, -0.15) is 5.26 Å². The van der Waals surface area contributed by atoms with Gasteiger partial charge in [-0.3, -0.25) is 29.5 Å². The van der Waals surface area contributed by atoms with E-state index in [2.05, 4.69) is 50.6 Å². The van der Waals surface area contributed by atoms with Gasteiger partial charge in [0.15, 0.2) is 0 Å². The highest BCUT2D eigenvalue weighted by atomic mass is 35.5. The van der Waals surface area contributed by atoms with E-state index < -0.39 is 0 Å². The molecular weight excluding hydrogens is 742 g/mol. The standard InChI is InChI=1S/C44H48ClN7O5/c45-38-26-36(10-7-32(38)27-46)57-35-11-8-33(9-12-35)47-43(55)31-4-1-3-30(25-31)29-13-21-50(22-14-29)42(54)28-49-19-15-34(16-20-49)51-23-17-37-39(51)5-2-6-40(37)52-24-18-41(53)48-44(52)56/h1-7,10,17,23,25-26,29,33-35H,8-9,11-16,18-22,24,28H2,(H,47,55)(H,48,53,56)/t33-,35-. The van der Waals surface area contributed by atoms with Crippen molar-refractivity contribution >= 4 is 51.9 Å². The summed E-state index contributed by atoms with van der Waals surface area (Å²) in [4.78, 5) is 56.9. The molecule has 0 atom stereocenters. The van der Waals surface area contributed by atoms with Gasteiger partial charge in [0.05, 0.1) is 34.4 Å². The minimum atomic E-state index is -0.380. The molecule has 0 radical (unpaired) electrons. The second-order valence-corrected chi connectivity index (χ2v) is 16.2. The predicted molar refractivity (Wildman–Crippen MR) is 217 cm³/mol. The molecule has 3 aliphatic heterocycles. The van der Waals surface area contributed by atoms with Crippen molar-refractivity contribution in [3.8, 4) is 11.8 Å². The number of fused-ring (bicyclic) bond motifs is 1. The van der Waals surface area contributed by atoms with Crippen molar-refractivity contribution in [2.75, 3.05) is 44.2 Å². The number of imide groups is 1. The van der Waals surface area contributed by atoms with Gasteiger partial charge in [-0.15, -0.1) is 0 Å². The quantitative estimate of drug-likeness (QED) is 0.191. The zero-order chi connectivity index (χ0) is 39.5. The molecule has 296 valence electrons. The molecule has 3 saturated heterocycles. The maximum absolute atomic E-state index is 13.5. The first-order chi connectivity index (χ1) is 27.7. The number of halogens is 1. The summed E-state index contributed by atoms with van der Waals surface area (Å²) < 4.78 is 8.42. The SMILES string of the molecule is N#Cc1ccc(O[C@H]2CC[C@H](NC(=O)c3cccc(C4CCN(C(=O)CN5CCC(n6ccc7c(N8CCC(=O)NC8=O)cccc76)CC5)CC4)c3)CC2)cc1Cl. The second kappa shape index (κ2) is 17.0. The number of rotatable bonds is 9. The summed E-state index contributed by atoms with van der Waals surface area (Å²) in [6.45, 7) is 3.87. The molecule has 12 nitrogen and oxygen atoms in total. The summed E-state index contributed by atoms with van der Waals surface area (Å²) in [5, 5.41) is 16.1. The van der Waals surface area contributed by atoms with Crippen LogP contribution in [0, 0.1) is 11.3 Å². The van der Waals surface area contributed by atoms with Crippen LogP contribution in [-0.4, -0.2) is 89.5 Å². The van der Waals surface area contributed by atoms with Crippen molar-refractivity contribution in [3.05, 3.63) is 94.6 Å². The van der Waals surface area contributed by atoms with Gasteiger partial charge in [0, 0.05) is 74.4 Å². The molecular formula is C44H48ClN7O5. The van der Waals surface area contributed by atoms with Crippen molar-refractivity contribution in [2.24, 2.45) is 0 Å². The molecule has 1 aliphatic carbocycles. The monoisotopic (exact) mass is 789 g/mol. The van der Waals surface area contributed by atoms with Crippen LogP contribution in [0.1, 0.15) is 91.2 Å². The van der Waals surface area contributed by atoms with E-state index in [4.69, 9.17) is 21.6 Å². The Morgan fingerprint density at radius 2 is 1.65 bits per heavy atom. The number of nitrogens with zero attached hydrogens (tertiary/aromatic N) is 5. The van der Waals surface area contributed by atoms with Crippen LogP contribution in [0.2, 0.25) is 5.02 Å². The number of anilines is 1. The molecule has 5 amide bonds. The summed E-state index contributed by atoms with van der Waals surface area (Å²) in [6.07, 6.45) is 9.29. The number of ether oxygens (including phenoxy) is 1. The molecule has 4 aliphatic rings. The van der Waals surface area contributed by atoms with Gasteiger partial charge in [-0.25, -0.2) is 4.79 Å². The Labute approximate surface area is 337 Å². The van der Waals surface area contributed by atoms with Crippen LogP contribution in [0.5, 0.6) is 5.75 Å². The molecule has 13 heteroatoms. The molecule has 2 N–H and O–H groups in total. The first-order valence-electron chi connectivity index (χ1n) is 20.2. The fraction of sp³-hybridized carbons (Fsp3) is 0.432. The van der Waals surface area contributed by atoms with E-state index in [0.29, 0.717) is 60.0 Å². The lowest BCUT2D eigenvalue weighted by Crippen LogP contribution is -2.49. The van der Waals surface area contributed by atoms with E-state index in [1.807, 2.05) is 35.2 Å². The van der Waals surface area contributed by atoms with Crippen LogP contribution in [-0.2, 0) is 9.59 Å². The van der Waals surface area contributed by atoms with Crippen LogP contribution < -0.4 is 20.3 Å². The van der Waals surface area contributed by atoms with Crippen LogP contribution in [0.3, 0.4) is 0 Å². The van der Waals surface area contributed by atoms with Gasteiger partial charge >= 0.3 is 6.03 Å². The lowest BCUT2D eigenvalue weighted by Gasteiger charge is -2.36. The first-order valence-corrected chi connectivity index (χ1v) is 20.6. The number of hydrogen-bond acceptors (Lipinski definition) is 7. The summed E-state index contributed by atoms with van der Waals surface area (Å²) in [5.74, 6) is 0.825. The minimum absolute atomic E-state index is 0.0377. The second-order valence-electron chi connectivity index (χ2n) is 15.8. The topological polar surface area (TPSA) is 140 Å². The van der Waals surface area contributed by atoms with Crippen LogP contribution >= 0.6 is 11.6 Å². The molecule has 4 heterocycles. The van der Waals surface area contributed by atoms with Gasteiger partial charge in [0.1, 0.15) is 11.8 Å². The van der Waals surface area contributed by atoms with Gasteiger partial charge < -0.3 is 19.5 Å². The van der Waals surface area contributed by atoms with Crippen molar-refractivity contribution in [1.29, 1.82) is 5.26 Å². The number of urea groups is 1.